The van der Waals surface area contributed by atoms with Crippen LogP contribution in [0.4, 0.5) is 5.69 Å². The van der Waals surface area contributed by atoms with Crippen molar-refractivity contribution in [1.29, 1.82) is 0 Å². The van der Waals surface area contributed by atoms with Gasteiger partial charge in [0.15, 0.2) is 0 Å². The van der Waals surface area contributed by atoms with Crippen molar-refractivity contribution < 1.29 is 9.53 Å². The first kappa shape index (κ1) is 13.0. The summed E-state index contributed by atoms with van der Waals surface area (Å²) in [5.74, 6) is -0.0770. The Morgan fingerprint density at radius 1 is 1.38 bits per heavy atom. The molecule has 1 rings (SSSR count). The standard InChI is InChI=1S/C12H16BrNO2/c1-7(2)8(3)16-12(15)10-5-4-9(13)6-11(10)14/h4-8H,14H2,1-3H3. The van der Waals surface area contributed by atoms with Gasteiger partial charge in [-0.2, -0.15) is 0 Å². The second-order valence-corrected chi connectivity index (χ2v) is 5.00. The van der Waals surface area contributed by atoms with Gasteiger partial charge in [0, 0.05) is 10.2 Å². The van der Waals surface area contributed by atoms with Gasteiger partial charge in [0.05, 0.1) is 5.56 Å². The van der Waals surface area contributed by atoms with Gasteiger partial charge in [-0.1, -0.05) is 29.8 Å². The fourth-order valence-electron chi connectivity index (χ4n) is 1.09. The molecule has 1 aromatic carbocycles. The van der Waals surface area contributed by atoms with Gasteiger partial charge < -0.3 is 10.5 Å². The van der Waals surface area contributed by atoms with Crippen molar-refractivity contribution in [3.63, 3.8) is 0 Å². The number of carbonyl (C=O) groups is 1. The second kappa shape index (κ2) is 5.34. The molecule has 16 heavy (non-hydrogen) atoms. The van der Waals surface area contributed by atoms with Crippen LogP contribution in [0.15, 0.2) is 22.7 Å². The smallest absolute Gasteiger partial charge is 0.340 e. The van der Waals surface area contributed by atoms with E-state index in [-0.39, 0.29) is 12.1 Å². The maximum atomic E-state index is 11.8. The highest BCUT2D eigenvalue weighted by Crippen LogP contribution is 2.20. The molecule has 2 N–H and O–H groups in total. The molecule has 1 aromatic rings. The molecule has 0 aliphatic carbocycles. The van der Waals surface area contributed by atoms with Gasteiger partial charge in [0.25, 0.3) is 0 Å². The zero-order chi connectivity index (χ0) is 12.3. The Hall–Kier alpha value is -1.03. The topological polar surface area (TPSA) is 52.3 Å². The van der Waals surface area contributed by atoms with Crippen LogP contribution in [0.3, 0.4) is 0 Å². The van der Waals surface area contributed by atoms with E-state index >= 15 is 0 Å². The van der Waals surface area contributed by atoms with E-state index in [0.29, 0.717) is 17.2 Å². The molecule has 0 fully saturated rings. The monoisotopic (exact) mass is 285 g/mol. The lowest BCUT2D eigenvalue weighted by molar-refractivity contribution is 0.0239. The van der Waals surface area contributed by atoms with Crippen LogP contribution in [-0.2, 0) is 4.74 Å². The number of anilines is 1. The number of benzene rings is 1. The quantitative estimate of drug-likeness (QED) is 0.685. The third-order valence-corrected chi connectivity index (χ3v) is 2.96. The number of carbonyl (C=O) groups excluding carboxylic acids is 1. The van der Waals surface area contributed by atoms with Gasteiger partial charge in [0.1, 0.15) is 6.10 Å². The Morgan fingerprint density at radius 2 is 2.00 bits per heavy atom. The van der Waals surface area contributed by atoms with Crippen LogP contribution < -0.4 is 5.73 Å². The van der Waals surface area contributed by atoms with E-state index in [2.05, 4.69) is 15.9 Å². The average molecular weight is 286 g/mol. The van der Waals surface area contributed by atoms with Crippen molar-refractivity contribution >= 4 is 27.6 Å². The summed E-state index contributed by atoms with van der Waals surface area (Å²) >= 11 is 3.29. The SMILES string of the molecule is CC(C)C(C)OC(=O)c1ccc(Br)cc1N. The van der Waals surface area contributed by atoms with Crippen LogP contribution >= 0.6 is 15.9 Å². The Balaban J connectivity index is 2.81. The molecule has 0 saturated carbocycles. The fourth-order valence-corrected chi connectivity index (χ4v) is 1.47. The first-order valence-electron chi connectivity index (χ1n) is 5.18. The molecule has 0 spiro atoms. The number of esters is 1. The van der Waals surface area contributed by atoms with E-state index in [9.17, 15) is 4.79 Å². The van der Waals surface area contributed by atoms with Crippen LogP contribution in [-0.4, -0.2) is 12.1 Å². The summed E-state index contributed by atoms with van der Waals surface area (Å²) in [7, 11) is 0. The molecular formula is C12H16BrNO2. The van der Waals surface area contributed by atoms with Crippen LogP contribution in [0.25, 0.3) is 0 Å². The van der Waals surface area contributed by atoms with Gasteiger partial charge in [-0.3, -0.25) is 0 Å². The normalized spacial score (nSPS) is 12.6. The third kappa shape index (κ3) is 3.23. The number of ether oxygens (including phenoxy) is 1. The number of nitrogen functional groups attached to an aromatic ring is 1. The van der Waals surface area contributed by atoms with Crippen LogP contribution in [0.1, 0.15) is 31.1 Å². The number of rotatable bonds is 3. The van der Waals surface area contributed by atoms with Crippen molar-refractivity contribution in [2.45, 2.75) is 26.9 Å². The molecule has 4 heteroatoms. The Kier molecular flexibility index (Phi) is 4.35. The average Bonchev–Trinajstić information content (AvgIpc) is 2.16. The van der Waals surface area contributed by atoms with E-state index in [4.69, 9.17) is 10.5 Å². The highest BCUT2D eigenvalue weighted by Gasteiger charge is 2.16. The van der Waals surface area contributed by atoms with Crippen molar-refractivity contribution in [3.8, 4) is 0 Å². The lowest BCUT2D eigenvalue weighted by atomic mass is 10.1. The summed E-state index contributed by atoms with van der Waals surface area (Å²) in [5.41, 5.74) is 6.58. The van der Waals surface area contributed by atoms with Gasteiger partial charge in [-0.05, 0) is 31.0 Å². The molecular weight excluding hydrogens is 270 g/mol. The molecule has 1 atom stereocenters. The van der Waals surface area contributed by atoms with Gasteiger partial charge in [-0.25, -0.2) is 4.79 Å². The summed E-state index contributed by atoms with van der Waals surface area (Å²) < 4.78 is 6.13. The number of hydrogen-bond acceptors (Lipinski definition) is 3. The van der Waals surface area contributed by atoms with E-state index in [1.54, 1.807) is 18.2 Å². The third-order valence-electron chi connectivity index (χ3n) is 2.47. The van der Waals surface area contributed by atoms with Crippen molar-refractivity contribution in [3.05, 3.63) is 28.2 Å². The Labute approximate surface area is 104 Å². The highest BCUT2D eigenvalue weighted by molar-refractivity contribution is 9.10. The Bertz CT molecular complexity index is 391. The summed E-state index contributed by atoms with van der Waals surface area (Å²) in [4.78, 5) is 11.8. The maximum Gasteiger partial charge on any atom is 0.340 e. The molecule has 1 unspecified atom stereocenters. The van der Waals surface area contributed by atoms with Crippen molar-refractivity contribution in [2.24, 2.45) is 5.92 Å². The van der Waals surface area contributed by atoms with Crippen LogP contribution in [0.2, 0.25) is 0 Å². The molecule has 0 radical (unpaired) electrons. The van der Waals surface area contributed by atoms with Gasteiger partial charge >= 0.3 is 5.97 Å². The first-order valence-corrected chi connectivity index (χ1v) is 5.97. The van der Waals surface area contributed by atoms with Crippen molar-refractivity contribution in [2.75, 3.05) is 5.73 Å². The molecule has 0 aromatic heterocycles. The Morgan fingerprint density at radius 3 is 2.50 bits per heavy atom. The molecule has 0 heterocycles. The van der Waals surface area contributed by atoms with E-state index < -0.39 is 0 Å². The van der Waals surface area contributed by atoms with E-state index in [0.717, 1.165) is 4.47 Å². The maximum absolute atomic E-state index is 11.8. The second-order valence-electron chi connectivity index (χ2n) is 4.09. The molecule has 0 aliphatic heterocycles. The summed E-state index contributed by atoms with van der Waals surface area (Å²) in [6.45, 7) is 5.88. The molecule has 0 saturated heterocycles. The number of hydrogen-bond donors (Lipinski definition) is 1. The van der Waals surface area contributed by atoms with Crippen LogP contribution in [0, 0.1) is 5.92 Å². The van der Waals surface area contributed by atoms with E-state index in [1.807, 2.05) is 20.8 Å². The molecule has 3 nitrogen and oxygen atoms in total. The summed E-state index contributed by atoms with van der Waals surface area (Å²) in [5, 5.41) is 0. The highest BCUT2D eigenvalue weighted by atomic mass is 79.9. The molecule has 0 bridgehead atoms. The minimum atomic E-state index is -0.369. The zero-order valence-electron chi connectivity index (χ0n) is 9.66. The van der Waals surface area contributed by atoms with Gasteiger partial charge in [-0.15, -0.1) is 0 Å². The fraction of sp³-hybridized carbons (Fsp3) is 0.417. The van der Waals surface area contributed by atoms with Crippen LogP contribution in [0.5, 0.6) is 0 Å². The lowest BCUT2D eigenvalue weighted by Crippen LogP contribution is -2.20. The first-order chi connectivity index (χ1) is 7.41. The minimum Gasteiger partial charge on any atom is -0.459 e. The van der Waals surface area contributed by atoms with Gasteiger partial charge in [0.2, 0.25) is 0 Å². The largest absolute Gasteiger partial charge is 0.459 e. The molecule has 88 valence electrons. The van der Waals surface area contributed by atoms with Crippen molar-refractivity contribution in [1.82, 2.24) is 0 Å². The number of halogens is 1. The number of nitrogens with two attached hydrogens (primary N) is 1. The summed E-state index contributed by atoms with van der Waals surface area (Å²) in [6, 6.07) is 5.12. The lowest BCUT2D eigenvalue weighted by Gasteiger charge is -2.17. The molecule has 0 amide bonds. The summed E-state index contributed by atoms with van der Waals surface area (Å²) in [6.07, 6.45) is -0.115. The zero-order valence-corrected chi connectivity index (χ0v) is 11.2. The predicted octanol–water partition coefficient (Wildman–Crippen LogP) is 3.23. The van der Waals surface area contributed by atoms with E-state index in [1.165, 1.54) is 0 Å². The molecule has 0 aliphatic rings. The minimum absolute atomic E-state index is 0.115. The predicted molar refractivity (Wildman–Crippen MR) is 68.3 cm³/mol.